The van der Waals surface area contributed by atoms with Crippen molar-refractivity contribution in [2.24, 2.45) is 20.0 Å². The van der Waals surface area contributed by atoms with Gasteiger partial charge in [-0.3, -0.25) is 67.2 Å². The number of carbonyl (C=O) groups excluding carboxylic acids is 4. The average molecular weight is 1990 g/mol. The molecule has 0 bridgehead atoms. The van der Waals surface area contributed by atoms with Crippen molar-refractivity contribution in [2.45, 2.75) is 133 Å². The van der Waals surface area contributed by atoms with E-state index in [4.69, 9.17) is 66.4 Å². The Labute approximate surface area is 828 Å². The highest BCUT2D eigenvalue weighted by atomic mass is 35.5. The molecule has 8 aliphatic heterocycles. The molecule has 38 heteroatoms. The smallest absolute Gasteiger partial charge is 0.225 e. The number of piperazine rings is 4. The van der Waals surface area contributed by atoms with Crippen LogP contribution in [0.25, 0.3) is 20.0 Å². The molecule has 0 aliphatic carbocycles. The lowest BCUT2D eigenvalue weighted by Crippen LogP contribution is -2.47. The molecule has 4 N–H and O–H groups in total. The van der Waals surface area contributed by atoms with Crippen molar-refractivity contribution in [3.63, 3.8) is 0 Å². The largest absolute Gasteiger partial charge is 0.355 e. The summed E-state index contributed by atoms with van der Waals surface area (Å²) in [6, 6.07) is 29.3. The van der Waals surface area contributed by atoms with Crippen LogP contribution in [0.2, 0.25) is 20.1 Å². The van der Waals surface area contributed by atoms with Gasteiger partial charge in [0.25, 0.3) is 0 Å². The van der Waals surface area contributed by atoms with E-state index in [1.165, 1.54) is 41.8 Å². The van der Waals surface area contributed by atoms with Crippen LogP contribution in [0, 0.1) is 83.1 Å². The molecule has 0 saturated carbocycles. The van der Waals surface area contributed by atoms with Crippen molar-refractivity contribution in [1.29, 1.82) is 0 Å². The minimum atomic E-state index is -0.445. The van der Waals surface area contributed by atoms with Crippen LogP contribution in [0.3, 0.4) is 0 Å². The first kappa shape index (κ1) is 97.4. The summed E-state index contributed by atoms with van der Waals surface area (Å²) in [6.07, 6.45) is 0.961. The highest BCUT2D eigenvalue weighted by molar-refractivity contribution is 7.16. The molecule has 8 aromatic heterocycles. The molecule has 4 fully saturated rings. The van der Waals surface area contributed by atoms with Crippen LogP contribution in [0.5, 0.6) is 0 Å². The zero-order valence-electron chi connectivity index (χ0n) is 79.1. The Bertz CT molecular complexity index is 6550. The molecule has 30 nitrogen and oxygen atoms in total. The van der Waals surface area contributed by atoms with Gasteiger partial charge >= 0.3 is 0 Å². The zero-order valence-corrected chi connectivity index (χ0v) is 85.4. The third kappa shape index (κ3) is 21.0. The molecule has 4 saturated heterocycles. The number of likely N-dealkylation sites (N-methyl/N-ethyl adjacent to an activating group) is 2. The average Bonchev–Trinajstić information content (AvgIpc) is 1.60. The van der Waals surface area contributed by atoms with E-state index in [0.717, 1.165) is 240 Å². The summed E-state index contributed by atoms with van der Waals surface area (Å²) in [5.74, 6) is 6.18. The number of nitrogens with one attached hydrogen (secondary N) is 4. The number of rotatable bonds is 18. The van der Waals surface area contributed by atoms with Crippen LogP contribution in [0.15, 0.2) is 117 Å². The second-order valence-electron chi connectivity index (χ2n) is 35.7. The van der Waals surface area contributed by atoms with Gasteiger partial charge in [-0.05, 0) is 168 Å². The lowest BCUT2D eigenvalue weighted by molar-refractivity contribution is -0.133. The van der Waals surface area contributed by atoms with Gasteiger partial charge in [0.05, 0.1) is 48.5 Å². The van der Waals surface area contributed by atoms with E-state index in [2.05, 4.69) is 169 Å². The maximum atomic E-state index is 13.3. The fraction of sp³-hybridized carbons (Fsp3) is 0.429. The number of aryl methyl sites for hydroxylation is 8. The number of nitrogens with zero attached hydrogens (tertiary/aromatic N) is 22. The first-order valence-corrected chi connectivity index (χ1v) is 51.1. The molecule has 4 atom stereocenters. The van der Waals surface area contributed by atoms with Gasteiger partial charge < -0.3 is 40.9 Å². The molecule has 8 aliphatic rings. The van der Waals surface area contributed by atoms with Gasteiger partial charge in [-0.2, -0.15) is 0 Å². The molecule has 20 rings (SSSR count). The molecule has 712 valence electrons. The fourth-order valence-electron chi connectivity index (χ4n) is 18.3. The summed E-state index contributed by atoms with van der Waals surface area (Å²) >= 11 is 31.6. The van der Waals surface area contributed by atoms with Crippen molar-refractivity contribution < 1.29 is 19.2 Å². The number of halogens is 4. The summed E-state index contributed by atoms with van der Waals surface area (Å²) in [7, 11) is 4.23. The molecule has 16 heterocycles. The van der Waals surface area contributed by atoms with Gasteiger partial charge in [0.2, 0.25) is 23.6 Å². The Balaban J connectivity index is 0.000000126. The van der Waals surface area contributed by atoms with Gasteiger partial charge in [-0.25, -0.2) is 0 Å². The predicted octanol–water partition coefficient (Wildman–Crippen LogP) is 14.3. The highest BCUT2D eigenvalue weighted by Crippen LogP contribution is 2.46. The molecule has 4 amide bonds. The summed E-state index contributed by atoms with van der Waals surface area (Å²) in [6.45, 7) is 42.3. The SMILES string of the molecule is Cc1sc2c(c1C)C(c1ccc(Cl)cc1)=N[C@@H](CC(=O)N1CCN(C)CC1)c1nnc(C)n1-2.Cc1sc2c(c1C)C(c1ccc(Cl)cc1)=N[C@@H](CC(=O)N1CCNCC1)c1nnc(C)n1-2.Cc1sc2c(c1C)C(c1ccc(Cl)cc1)=N[C@@H](CC(=O)NCCN1CCN(C)CC1)c1nnc(C)n1-2.Cc1sc2c(c1C)C(c1ccc(Cl)cc1)=N[C@@H](CC(=O)NCCN1CCNCC1)c1nnc(C)n1-2. The minimum absolute atomic E-state index is 0.0290. The summed E-state index contributed by atoms with van der Waals surface area (Å²) < 4.78 is 8.33. The number of fused-ring (bicyclic) bond motifs is 12. The molecular weight excluding hydrogens is 1880 g/mol. The maximum absolute atomic E-state index is 13.3. The number of aliphatic imine (C=N–C) groups is 4. The number of hydrogen-bond donors (Lipinski definition) is 4. The van der Waals surface area contributed by atoms with Crippen LogP contribution in [0.1, 0.15) is 183 Å². The van der Waals surface area contributed by atoms with E-state index in [9.17, 15) is 19.2 Å². The number of amides is 4. The highest BCUT2D eigenvalue weighted by Gasteiger charge is 2.40. The van der Waals surface area contributed by atoms with E-state index in [1.54, 1.807) is 45.3 Å². The Morgan fingerprint density at radius 3 is 0.868 bits per heavy atom. The first-order chi connectivity index (χ1) is 65.5. The predicted molar refractivity (Wildman–Crippen MR) is 544 cm³/mol. The topological polar surface area (TPSA) is 308 Å². The molecule has 136 heavy (non-hydrogen) atoms. The van der Waals surface area contributed by atoms with E-state index >= 15 is 0 Å². The number of hydrogen-bond acceptors (Lipinski definition) is 26. The lowest BCUT2D eigenvalue weighted by Gasteiger charge is -2.33. The van der Waals surface area contributed by atoms with E-state index in [1.807, 2.05) is 135 Å². The van der Waals surface area contributed by atoms with E-state index in [0.29, 0.717) is 44.8 Å². The first-order valence-electron chi connectivity index (χ1n) is 46.3. The van der Waals surface area contributed by atoms with Gasteiger partial charge in [0.15, 0.2) is 23.3 Å². The van der Waals surface area contributed by atoms with Crippen molar-refractivity contribution in [3.05, 3.63) is 250 Å². The zero-order chi connectivity index (χ0) is 95.6. The number of thiophene rings is 4. The Kier molecular flexibility index (Phi) is 30.5. The third-order valence-corrected chi connectivity index (χ3v) is 32.3. The molecular formula is C98H114Cl4N26O4S4. The molecule has 0 radical (unpaired) electrons. The second-order valence-corrected chi connectivity index (χ2v) is 42.2. The van der Waals surface area contributed by atoms with Crippen LogP contribution in [0.4, 0.5) is 0 Å². The molecule has 4 aromatic carbocycles. The van der Waals surface area contributed by atoms with Crippen LogP contribution < -0.4 is 21.3 Å². The van der Waals surface area contributed by atoms with Crippen molar-refractivity contribution in [3.8, 4) is 20.0 Å². The van der Waals surface area contributed by atoms with Gasteiger partial charge in [-0.15, -0.1) is 86.1 Å². The van der Waals surface area contributed by atoms with E-state index in [-0.39, 0.29) is 49.3 Å². The van der Waals surface area contributed by atoms with Crippen molar-refractivity contribution >= 4 is 138 Å². The monoisotopic (exact) mass is 1990 g/mol. The van der Waals surface area contributed by atoms with E-state index < -0.39 is 24.2 Å². The van der Waals surface area contributed by atoms with Crippen LogP contribution >= 0.6 is 91.8 Å². The normalized spacial score (nSPS) is 18.2. The summed E-state index contributed by atoms with van der Waals surface area (Å²) in [4.78, 5) is 91.4. The summed E-state index contributed by atoms with van der Waals surface area (Å²) in [5.41, 5.74) is 16.4. The van der Waals surface area contributed by atoms with Gasteiger partial charge in [0.1, 0.15) is 67.5 Å². The van der Waals surface area contributed by atoms with Gasteiger partial charge in [0, 0.05) is 215 Å². The molecule has 0 spiro atoms. The Morgan fingerprint density at radius 1 is 0.331 bits per heavy atom. The maximum Gasteiger partial charge on any atom is 0.225 e. The van der Waals surface area contributed by atoms with Crippen LogP contribution in [-0.2, 0) is 19.2 Å². The quantitative estimate of drug-likeness (QED) is 0.0620. The lowest BCUT2D eigenvalue weighted by atomic mass is 9.99. The third-order valence-electron chi connectivity index (χ3n) is 26.6. The van der Waals surface area contributed by atoms with Gasteiger partial charge in [-0.1, -0.05) is 94.9 Å². The number of aromatic nitrogens is 12. The number of carbonyl (C=O) groups is 4. The fourth-order valence-corrected chi connectivity index (χ4v) is 23.7. The Hall–Kier alpha value is -10.3. The molecule has 12 aromatic rings. The van der Waals surface area contributed by atoms with Crippen molar-refractivity contribution in [1.82, 2.24) is 110 Å². The van der Waals surface area contributed by atoms with Crippen LogP contribution in [-0.4, -0.2) is 280 Å². The minimum Gasteiger partial charge on any atom is -0.355 e. The summed E-state index contributed by atoms with van der Waals surface area (Å²) in [5, 5.41) is 55.2. The standard InChI is InChI=1S/C26H32ClN7OS.C25H30ClN7OS.C24H27ClN6OS.C23H25ClN6OS/c1-16-17(2)36-26-23(16)24(19-5-7-20(27)8-6-19)29-21(25-31-30-18(3)34(25)26)15-22(35)28-9-10-33-13-11-32(4)12-14-33;1-15-16(2)35-25-22(15)23(18-4-6-19(26)7-5-18)29-20(24-31-30-17(3)33(24)25)14-21(34)28-10-13-32-11-8-27-9-12-32;1-14-15(2)33-24-21(14)22(17-5-7-18(25)8-6-17)26-19(23-28-27-16(3)31(23)24)13-20(32)30-11-9-29(4)10-12-30;1-13-14(2)32-23-20(13)21(16-4-6-17(24)7-5-16)26-18(22-28-27-15(3)30(22)23)12-19(31)29-10-8-25-9-11-29/h5-8,21H,9-15H2,1-4H3,(H,28,35);4-7,20,27H,8-14H2,1-3H3,(H,28,34);5-8,19H,9-13H2,1-4H3;4-7,18,25H,8-12H2,1-3H3/t21-;20-;19-;18-/m0000/s1. The Morgan fingerprint density at radius 2 is 0.581 bits per heavy atom. The number of benzene rings is 4. The molecule has 0 unspecified atom stereocenters. The second kappa shape index (κ2) is 42.6. The van der Waals surface area contributed by atoms with Crippen molar-refractivity contribution in [2.75, 3.05) is 145 Å².